The number of amides is 3. The molecule has 3 amide bonds. The van der Waals surface area contributed by atoms with E-state index in [0.29, 0.717) is 0 Å². The van der Waals surface area contributed by atoms with Crippen LogP contribution in [0.3, 0.4) is 0 Å². The second kappa shape index (κ2) is 7.69. The van der Waals surface area contributed by atoms with Crippen LogP contribution in [-0.4, -0.2) is 29.9 Å². The largest absolute Gasteiger partial charge is 0.418 e. The number of carbonyl (C=O) groups is 2. The highest BCUT2D eigenvalue weighted by molar-refractivity contribution is 5.91. The van der Waals surface area contributed by atoms with Crippen molar-refractivity contribution in [3.05, 3.63) is 65.7 Å². The predicted octanol–water partition coefficient (Wildman–Crippen LogP) is 3.80. The molecule has 1 aliphatic heterocycles. The SMILES string of the molecule is O=C1C[C@H](c2ccccc2)N(C(=O)Nc2ccccc2C(F)(F)F)CCN1. The van der Waals surface area contributed by atoms with Crippen molar-refractivity contribution >= 4 is 17.6 Å². The summed E-state index contributed by atoms with van der Waals surface area (Å²) >= 11 is 0. The number of rotatable bonds is 2. The summed E-state index contributed by atoms with van der Waals surface area (Å²) in [6.45, 7) is 0.418. The molecule has 2 aromatic rings. The van der Waals surface area contributed by atoms with Crippen molar-refractivity contribution in [2.24, 2.45) is 0 Å². The maximum absolute atomic E-state index is 13.2. The fourth-order valence-electron chi connectivity index (χ4n) is 3.07. The third kappa shape index (κ3) is 4.39. The lowest BCUT2D eigenvalue weighted by Gasteiger charge is -2.30. The van der Waals surface area contributed by atoms with E-state index in [1.165, 1.54) is 23.1 Å². The summed E-state index contributed by atoms with van der Waals surface area (Å²) in [5.41, 5.74) is -0.488. The van der Waals surface area contributed by atoms with Gasteiger partial charge in [0.15, 0.2) is 0 Å². The Hall–Kier alpha value is -3.03. The van der Waals surface area contributed by atoms with E-state index in [9.17, 15) is 22.8 Å². The number of nitrogens with one attached hydrogen (secondary N) is 2. The third-order valence-electron chi connectivity index (χ3n) is 4.35. The third-order valence-corrected chi connectivity index (χ3v) is 4.35. The summed E-state index contributed by atoms with van der Waals surface area (Å²) in [4.78, 5) is 26.1. The summed E-state index contributed by atoms with van der Waals surface area (Å²) in [7, 11) is 0. The zero-order valence-electron chi connectivity index (χ0n) is 14.3. The zero-order chi connectivity index (χ0) is 19.4. The van der Waals surface area contributed by atoms with Gasteiger partial charge in [0.25, 0.3) is 0 Å². The molecule has 3 rings (SSSR count). The molecule has 2 N–H and O–H groups in total. The van der Waals surface area contributed by atoms with Crippen molar-refractivity contribution in [3.8, 4) is 0 Å². The molecule has 8 heteroatoms. The van der Waals surface area contributed by atoms with Crippen LogP contribution in [0.4, 0.5) is 23.7 Å². The van der Waals surface area contributed by atoms with Gasteiger partial charge in [-0.15, -0.1) is 0 Å². The molecule has 0 radical (unpaired) electrons. The maximum Gasteiger partial charge on any atom is 0.418 e. The van der Waals surface area contributed by atoms with Crippen LogP contribution in [0.1, 0.15) is 23.6 Å². The highest BCUT2D eigenvalue weighted by atomic mass is 19.4. The van der Waals surface area contributed by atoms with E-state index in [-0.39, 0.29) is 31.1 Å². The van der Waals surface area contributed by atoms with Crippen molar-refractivity contribution < 1.29 is 22.8 Å². The Kier molecular flexibility index (Phi) is 5.34. The number of halogens is 3. The maximum atomic E-state index is 13.2. The molecule has 0 unspecified atom stereocenters. The Morgan fingerprint density at radius 2 is 1.74 bits per heavy atom. The normalized spacial score (nSPS) is 17.8. The van der Waals surface area contributed by atoms with Gasteiger partial charge in [-0.3, -0.25) is 4.79 Å². The quantitative estimate of drug-likeness (QED) is 0.836. The van der Waals surface area contributed by atoms with Crippen LogP contribution >= 0.6 is 0 Å². The van der Waals surface area contributed by atoms with Crippen LogP contribution in [0, 0.1) is 0 Å². The molecule has 1 atom stereocenters. The van der Waals surface area contributed by atoms with Crippen LogP contribution in [-0.2, 0) is 11.0 Å². The fourth-order valence-corrected chi connectivity index (χ4v) is 3.07. The second-order valence-corrected chi connectivity index (χ2v) is 6.15. The first-order chi connectivity index (χ1) is 12.9. The highest BCUT2D eigenvalue weighted by Gasteiger charge is 2.35. The molecule has 5 nitrogen and oxygen atoms in total. The fraction of sp³-hybridized carbons (Fsp3) is 0.263. The van der Waals surface area contributed by atoms with Gasteiger partial charge < -0.3 is 15.5 Å². The molecule has 1 aliphatic rings. The van der Waals surface area contributed by atoms with Crippen molar-refractivity contribution in [3.63, 3.8) is 0 Å². The number of hydrogen-bond donors (Lipinski definition) is 2. The number of anilines is 1. The Labute approximate surface area is 154 Å². The molecule has 1 heterocycles. The molecular weight excluding hydrogens is 359 g/mol. The first-order valence-electron chi connectivity index (χ1n) is 8.42. The van der Waals surface area contributed by atoms with E-state index in [2.05, 4.69) is 10.6 Å². The van der Waals surface area contributed by atoms with Crippen molar-refractivity contribution in [2.75, 3.05) is 18.4 Å². The van der Waals surface area contributed by atoms with Gasteiger partial charge in [0.2, 0.25) is 5.91 Å². The van der Waals surface area contributed by atoms with Crippen LogP contribution in [0.5, 0.6) is 0 Å². The molecule has 0 saturated carbocycles. The number of urea groups is 1. The number of para-hydroxylation sites is 1. The molecule has 0 aliphatic carbocycles. The number of hydrogen-bond acceptors (Lipinski definition) is 2. The lowest BCUT2D eigenvalue weighted by Crippen LogP contribution is -2.39. The molecule has 142 valence electrons. The van der Waals surface area contributed by atoms with Gasteiger partial charge >= 0.3 is 12.2 Å². The first kappa shape index (κ1) is 18.8. The minimum atomic E-state index is -4.58. The van der Waals surface area contributed by atoms with Gasteiger partial charge in [0.05, 0.1) is 23.7 Å². The number of alkyl halides is 3. The van der Waals surface area contributed by atoms with E-state index >= 15 is 0 Å². The number of nitrogens with zero attached hydrogens (tertiary/aromatic N) is 1. The van der Waals surface area contributed by atoms with Crippen molar-refractivity contribution in [1.29, 1.82) is 0 Å². The summed E-state index contributed by atoms with van der Waals surface area (Å²) < 4.78 is 39.5. The Bertz CT molecular complexity index is 824. The smallest absolute Gasteiger partial charge is 0.354 e. The predicted molar refractivity (Wildman–Crippen MR) is 94.0 cm³/mol. The highest BCUT2D eigenvalue weighted by Crippen LogP contribution is 2.35. The van der Waals surface area contributed by atoms with Crippen molar-refractivity contribution in [1.82, 2.24) is 10.2 Å². The molecule has 1 saturated heterocycles. The minimum absolute atomic E-state index is 0.0400. The number of carbonyl (C=O) groups excluding carboxylic acids is 2. The standard InChI is InChI=1S/C19H18F3N3O2/c20-19(21,22)14-8-4-5-9-15(14)24-18(27)25-11-10-23-17(26)12-16(25)13-6-2-1-3-7-13/h1-9,16H,10-12H2,(H,23,26)(H,24,27)/t16-/m1/s1. The van der Waals surface area contributed by atoms with Gasteiger partial charge in [-0.1, -0.05) is 42.5 Å². The molecule has 2 aromatic carbocycles. The topological polar surface area (TPSA) is 61.4 Å². The molecule has 0 spiro atoms. The van der Waals surface area contributed by atoms with E-state index in [0.717, 1.165) is 11.6 Å². The van der Waals surface area contributed by atoms with Crippen LogP contribution in [0.2, 0.25) is 0 Å². The summed E-state index contributed by atoms with van der Waals surface area (Å²) in [6, 6.07) is 12.5. The van der Waals surface area contributed by atoms with Crippen molar-refractivity contribution in [2.45, 2.75) is 18.6 Å². The second-order valence-electron chi connectivity index (χ2n) is 6.15. The van der Waals surface area contributed by atoms with E-state index in [1.807, 2.05) is 6.07 Å². The van der Waals surface area contributed by atoms with Crippen LogP contribution < -0.4 is 10.6 Å². The lowest BCUT2D eigenvalue weighted by atomic mass is 10.0. The summed E-state index contributed by atoms with van der Waals surface area (Å²) in [6.07, 6.45) is -4.54. The lowest BCUT2D eigenvalue weighted by molar-refractivity contribution is -0.137. The number of benzene rings is 2. The molecule has 0 aromatic heterocycles. The van der Waals surface area contributed by atoms with Crippen LogP contribution in [0.25, 0.3) is 0 Å². The summed E-state index contributed by atoms with van der Waals surface area (Å²) in [5, 5.41) is 5.05. The zero-order valence-corrected chi connectivity index (χ0v) is 14.3. The molecule has 27 heavy (non-hydrogen) atoms. The van der Waals surface area contributed by atoms with E-state index in [4.69, 9.17) is 0 Å². The van der Waals surface area contributed by atoms with Gasteiger partial charge in [-0.2, -0.15) is 13.2 Å². The first-order valence-corrected chi connectivity index (χ1v) is 8.42. The van der Waals surface area contributed by atoms with Gasteiger partial charge in [0.1, 0.15) is 0 Å². The Morgan fingerprint density at radius 1 is 1.07 bits per heavy atom. The average molecular weight is 377 g/mol. The van der Waals surface area contributed by atoms with Gasteiger partial charge in [-0.25, -0.2) is 4.79 Å². The Balaban J connectivity index is 1.89. The Morgan fingerprint density at radius 3 is 2.44 bits per heavy atom. The molecule has 1 fully saturated rings. The summed E-state index contributed by atoms with van der Waals surface area (Å²) in [5.74, 6) is -0.213. The van der Waals surface area contributed by atoms with E-state index < -0.39 is 23.8 Å². The monoisotopic (exact) mass is 377 g/mol. The van der Waals surface area contributed by atoms with E-state index in [1.54, 1.807) is 24.3 Å². The molecule has 0 bridgehead atoms. The molecular formula is C19H18F3N3O2. The van der Waals surface area contributed by atoms with Crippen LogP contribution in [0.15, 0.2) is 54.6 Å². The average Bonchev–Trinajstić information content (AvgIpc) is 2.83. The van der Waals surface area contributed by atoms with Gasteiger partial charge in [0, 0.05) is 13.1 Å². The minimum Gasteiger partial charge on any atom is -0.354 e. The van der Waals surface area contributed by atoms with Gasteiger partial charge in [-0.05, 0) is 17.7 Å².